The number of benzene rings is 2. The first-order valence-electron chi connectivity index (χ1n) is 16.3. The Morgan fingerprint density at radius 1 is 0.756 bits per heavy atom. The van der Waals surface area contributed by atoms with Crippen LogP contribution in [0.4, 0.5) is 0 Å². The fourth-order valence-electron chi connectivity index (χ4n) is 5.09. The van der Waals surface area contributed by atoms with E-state index in [0.717, 1.165) is 11.5 Å². The molecule has 0 saturated carbocycles. The van der Waals surface area contributed by atoms with Crippen molar-refractivity contribution in [3.05, 3.63) is 112 Å². The molecule has 2 aromatic carbocycles. The van der Waals surface area contributed by atoms with Crippen molar-refractivity contribution in [2.75, 3.05) is 0 Å². The van der Waals surface area contributed by atoms with Gasteiger partial charge >= 0.3 is 0 Å². The van der Waals surface area contributed by atoms with Gasteiger partial charge in [-0.1, -0.05) is 155 Å². The summed E-state index contributed by atoms with van der Waals surface area (Å²) in [4.78, 5) is 0. The van der Waals surface area contributed by atoms with Gasteiger partial charge in [0.2, 0.25) is 0 Å². The SMILES string of the molecule is C=C\C=C(/C(C)=C(C)/C=C(\C)c1ccc(C=C)cc1)c1cc(C)c(CC(CCC)CCC)c(C)c1.CC.CC.CC. The lowest BCUT2D eigenvalue weighted by Gasteiger charge is -2.21. The quantitative estimate of drug-likeness (QED) is 0.228. The summed E-state index contributed by atoms with van der Waals surface area (Å²) in [6, 6.07) is 13.3. The van der Waals surface area contributed by atoms with Crippen LogP contribution in [0.5, 0.6) is 0 Å². The fraction of sp³-hybridized carbons (Fsp3) is 0.463. The van der Waals surface area contributed by atoms with Crippen molar-refractivity contribution < 1.29 is 0 Å². The minimum atomic E-state index is 0.786. The van der Waals surface area contributed by atoms with Crippen molar-refractivity contribution in [2.45, 2.75) is 122 Å². The number of hydrogen-bond donors (Lipinski definition) is 0. The lowest BCUT2D eigenvalue weighted by Crippen LogP contribution is -2.08. The van der Waals surface area contributed by atoms with Gasteiger partial charge in [0.25, 0.3) is 0 Å². The van der Waals surface area contributed by atoms with Crippen molar-refractivity contribution in [1.82, 2.24) is 0 Å². The Hall–Kier alpha value is -2.86. The molecule has 0 spiro atoms. The zero-order valence-corrected chi connectivity index (χ0v) is 29.3. The van der Waals surface area contributed by atoms with E-state index in [-0.39, 0.29) is 0 Å². The largest absolute Gasteiger partial charge is 0.0990 e. The Morgan fingerprint density at radius 3 is 1.66 bits per heavy atom. The minimum Gasteiger partial charge on any atom is -0.0990 e. The van der Waals surface area contributed by atoms with Crippen LogP contribution in [-0.2, 0) is 6.42 Å². The second kappa shape index (κ2) is 23.8. The molecule has 0 heteroatoms. The van der Waals surface area contributed by atoms with E-state index >= 15 is 0 Å². The van der Waals surface area contributed by atoms with Crippen LogP contribution in [0.3, 0.4) is 0 Å². The molecule has 228 valence electrons. The lowest BCUT2D eigenvalue weighted by molar-refractivity contribution is 0.436. The van der Waals surface area contributed by atoms with Crippen molar-refractivity contribution in [1.29, 1.82) is 0 Å². The van der Waals surface area contributed by atoms with Gasteiger partial charge in [-0.15, -0.1) is 0 Å². The maximum Gasteiger partial charge on any atom is -0.0152 e. The first-order chi connectivity index (χ1) is 19.7. The van der Waals surface area contributed by atoms with Crippen LogP contribution >= 0.6 is 0 Å². The molecular weight excluding hydrogens is 492 g/mol. The van der Waals surface area contributed by atoms with Crippen molar-refractivity contribution in [2.24, 2.45) is 5.92 Å². The summed E-state index contributed by atoms with van der Waals surface area (Å²) >= 11 is 0. The normalized spacial score (nSPS) is 11.7. The van der Waals surface area contributed by atoms with Gasteiger partial charge in [0, 0.05) is 0 Å². The highest BCUT2D eigenvalue weighted by Crippen LogP contribution is 2.32. The van der Waals surface area contributed by atoms with Crippen LogP contribution in [0, 0.1) is 19.8 Å². The van der Waals surface area contributed by atoms with Crippen LogP contribution in [0.1, 0.15) is 135 Å². The molecule has 0 atom stereocenters. The molecule has 0 unspecified atom stereocenters. The molecule has 0 nitrogen and oxygen atoms in total. The molecule has 2 aromatic rings. The highest BCUT2D eigenvalue weighted by molar-refractivity contribution is 5.82. The highest BCUT2D eigenvalue weighted by atomic mass is 14.2. The van der Waals surface area contributed by atoms with E-state index in [0.29, 0.717) is 0 Å². The van der Waals surface area contributed by atoms with Gasteiger partial charge in [0.05, 0.1) is 0 Å². The summed E-state index contributed by atoms with van der Waals surface area (Å²) in [6.07, 6.45) is 14.6. The van der Waals surface area contributed by atoms with Crippen molar-refractivity contribution in [3.63, 3.8) is 0 Å². The second-order valence-electron chi connectivity index (χ2n) is 10.0. The molecule has 0 fully saturated rings. The molecule has 0 aliphatic carbocycles. The van der Waals surface area contributed by atoms with Gasteiger partial charge in [0.1, 0.15) is 0 Å². The third kappa shape index (κ3) is 13.6. The molecule has 0 N–H and O–H groups in total. The summed E-state index contributed by atoms with van der Waals surface area (Å²) in [5.74, 6) is 0.786. The molecule has 0 saturated heterocycles. The Balaban J connectivity index is 0. The van der Waals surface area contributed by atoms with Crippen LogP contribution in [-0.4, -0.2) is 0 Å². The summed E-state index contributed by atoms with van der Waals surface area (Å²) in [5.41, 5.74) is 13.1. The van der Waals surface area contributed by atoms with E-state index in [4.69, 9.17) is 0 Å². The van der Waals surface area contributed by atoms with Crippen molar-refractivity contribution >= 4 is 17.2 Å². The number of aryl methyl sites for hydroxylation is 2. The summed E-state index contributed by atoms with van der Waals surface area (Å²) in [6.45, 7) is 35.7. The Kier molecular flexibility index (Phi) is 23.4. The van der Waals surface area contributed by atoms with Crippen LogP contribution in [0.15, 0.2) is 78.9 Å². The molecule has 0 bridgehead atoms. The zero-order chi connectivity index (χ0) is 32.0. The number of rotatable bonds is 12. The number of hydrogen-bond acceptors (Lipinski definition) is 0. The van der Waals surface area contributed by atoms with Crippen LogP contribution < -0.4 is 0 Å². The zero-order valence-electron chi connectivity index (χ0n) is 29.3. The van der Waals surface area contributed by atoms with Gasteiger partial charge in [-0.25, -0.2) is 0 Å². The standard InChI is InChI=1S/C35H46.3C2H6/c1-10-14-31(15-11-2)24-35-27(7)22-33(23-28(35)8)34(16-12-3)29(9)25(5)21-26(6)32-19-17-30(13-4)18-20-32;3*1-2/h12-13,16-23,31H,3-4,10-11,14-15,24H2,1-2,5-9H3;3*1-2H3/b26-21+,29-25+,34-16+;;;. The molecule has 0 heterocycles. The number of allylic oxidation sites excluding steroid dienone is 7. The Bertz CT molecular complexity index is 1070. The predicted molar refractivity (Wildman–Crippen MR) is 194 cm³/mol. The monoisotopic (exact) mass is 557 g/mol. The third-order valence-corrected chi connectivity index (χ3v) is 7.21. The summed E-state index contributed by atoms with van der Waals surface area (Å²) in [7, 11) is 0. The van der Waals surface area contributed by atoms with E-state index in [1.165, 1.54) is 82.2 Å². The van der Waals surface area contributed by atoms with E-state index in [9.17, 15) is 0 Å². The smallest absolute Gasteiger partial charge is 0.0152 e. The molecule has 0 radical (unpaired) electrons. The highest BCUT2D eigenvalue weighted by Gasteiger charge is 2.15. The first-order valence-corrected chi connectivity index (χ1v) is 16.3. The topological polar surface area (TPSA) is 0 Å². The first kappa shape index (κ1) is 40.3. The van der Waals surface area contributed by atoms with Gasteiger partial charge in [0.15, 0.2) is 0 Å². The predicted octanol–water partition coefficient (Wildman–Crippen LogP) is 13.8. The molecule has 2 rings (SSSR count). The Labute approximate surface area is 257 Å². The van der Waals surface area contributed by atoms with Gasteiger partial charge in [-0.2, -0.15) is 0 Å². The molecule has 0 aliphatic heterocycles. The second-order valence-corrected chi connectivity index (χ2v) is 10.0. The minimum absolute atomic E-state index is 0.786. The van der Waals surface area contributed by atoms with E-state index in [1.54, 1.807) is 0 Å². The van der Waals surface area contributed by atoms with Crippen LogP contribution in [0.2, 0.25) is 0 Å². The van der Waals surface area contributed by atoms with E-state index < -0.39 is 0 Å². The van der Waals surface area contributed by atoms with E-state index in [2.05, 4.69) is 110 Å². The fourth-order valence-corrected chi connectivity index (χ4v) is 5.09. The maximum absolute atomic E-state index is 4.01. The van der Waals surface area contributed by atoms with Gasteiger partial charge < -0.3 is 0 Å². The molecule has 0 amide bonds. The molecule has 0 aromatic heterocycles. The summed E-state index contributed by atoms with van der Waals surface area (Å²) < 4.78 is 0. The average molecular weight is 557 g/mol. The van der Waals surface area contributed by atoms with Gasteiger partial charge in [-0.3, -0.25) is 0 Å². The van der Waals surface area contributed by atoms with Gasteiger partial charge in [-0.05, 0) is 103 Å². The Morgan fingerprint density at radius 2 is 1.24 bits per heavy atom. The molecule has 0 aliphatic rings. The van der Waals surface area contributed by atoms with Crippen molar-refractivity contribution in [3.8, 4) is 0 Å². The van der Waals surface area contributed by atoms with Crippen LogP contribution in [0.25, 0.3) is 17.2 Å². The lowest BCUT2D eigenvalue weighted by atomic mass is 9.85. The molecule has 41 heavy (non-hydrogen) atoms. The van der Waals surface area contributed by atoms with E-state index in [1.807, 2.05) is 53.7 Å². The molecular formula is C41H64. The maximum atomic E-state index is 4.01. The summed E-state index contributed by atoms with van der Waals surface area (Å²) in [5, 5.41) is 0. The average Bonchev–Trinajstić information content (AvgIpc) is 3.00. The third-order valence-electron chi connectivity index (χ3n) is 7.21.